The lowest BCUT2D eigenvalue weighted by Crippen LogP contribution is -2.34. The minimum Gasteiger partial charge on any atom is -0.351 e. The van der Waals surface area contributed by atoms with Crippen molar-refractivity contribution in [1.29, 1.82) is 0 Å². The number of aromatic nitrogens is 2. The molecule has 7 nitrogen and oxygen atoms in total. The molecule has 2 aromatic rings. The van der Waals surface area contributed by atoms with E-state index in [9.17, 15) is 4.79 Å². The van der Waals surface area contributed by atoms with Crippen LogP contribution in [0.5, 0.6) is 0 Å². The molecular formula is C14H17N5O2. The van der Waals surface area contributed by atoms with Crippen molar-refractivity contribution in [2.45, 2.75) is 31.2 Å². The molecule has 0 aliphatic heterocycles. The van der Waals surface area contributed by atoms with Gasteiger partial charge in [-0.1, -0.05) is 18.0 Å². The maximum atomic E-state index is 10.8. The number of nitrogens with one attached hydrogen (secondary N) is 1. The van der Waals surface area contributed by atoms with Gasteiger partial charge in [0.1, 0.15) is 0 Å². The van der Waals surface area contributed by atoms with Gasteiger partial charge in [0.2, 0.25) is 0 Å². The topological polar surface area (TPSA) is 120 Å². The monoisotopic (exact) mass is 287 g/mol. The quantitative estimate of drug-likeness (QED) is 0.796. The molecule has 1 saturated carbocycles. The number of hydrogen-bond donors (Lipinski definition) is 3. The minimum atomic E-state index is -0.603. The van der Waals surface area contributed by atoms with E-state index in [1.54, 1.807) is 24.3 Å². The Morgan fingerprint density at radius 2 is 1.90 bits per heavy atom. The SMILES string of the molecule is NC(=O)Nc1ccc(-c2nc(C3(N)CCCC3)no2)cc1. The number of urea groups is 1. The first-order valence-corrected chi connectivity index (χ1v) is 6.87. The first-order chi connectivity index (χ1) is 10.1. The number of rotatable bonds is 3. The largest absolute Gasteiger partial charge is 0.351 e. The zero-order valence-corrected chi connectivity index (χ0v) is 11.5. The fourth-order valence-electron chi connectivity index (χ4n) is 2.61. The van der Waals surface area contributed by atoms with Crippen LogP contribution in [0.15, 0.2) is 28.8 Å². The van der Waals surface area contributed by atoms with E-state index in [0.29, 0.717) is 17.4 Å². The van der Waals surface area contributed by atoms with Crippen molar-refractivity contribution >= 4 is 11.7 Å². The van der Waals surface area contributed by atoms with Crippen molar-refractivity contribution in [2.75, 3.05) is 5.32 Å². The summed E-state index contributed by atoms with van der Waals surface area (Å²) in [6, 6.07) is 6.39. The van der Waals surface area contributed by atoms with Gasteiger partial charge in [-0.2, -0.15) is 4.98 Å². The lowest BCUT2D eigenvalue weighted by Gasteiger charge is -2.17. The number of benzene rings is 1. The Morgan fingerprint density at radius 3 is 2.52 bits per heavy atom. The molecule has 0 radical (unpaired) electrons. The lowest BCUT2D eigenvalue weighted by molar-refractivity contribution is 0.259. The zero-order chi connectivity index (χ0) is 14.9. The Hall–Kier alpha value is -2.41. The summed E-state index contributed by atoms with van der Waals surface area (Å²) in [7, 11) is 0. The Kier molecular flexibility index (Phi) is 3.34. The minimum absolute atomic E-state index is 0.423. The van der Waals surface area contributed by atoms with Crippen molar-refractivity contribution in [3.05, 3.63) is 30.1 Å². The molecule has 0 spiro atoms. The van der Waals surface area contributed by atoms with Gasteiger partial charge in [0.25, 0.3) is 5.89 Å². The third-order valence-corrected chi connectivity index (χ3v) is 3.77. The van der Waals surface area contributed by atoms with Crippen LogP contribution in [0, 0.1) is 0 Å². The van der Waals surface area contributed by atoms with Gasteiger partial charge in [-0.25, -0.2) is 4.79 Å². The second kappa shape index (κ2) is 5.17. The molecule has 3 rings (SSSR count). The van der Waals surface area contributed by atoms with Crippen LogP contribution in [-0.4, -0.2) is 16.2 Å². The Balaban J connectivity index is 1.81. The summed E-state index contributed by atoms with van der Waals surface area (Å²) in [5, 5.41) is 6.51. The molecule has 0 saturated heterocycles. The van der Waals surface area contributed by atoms with Gasteiger partial charge in [-0.15, -0.1) is 0 Å². The lowest BCUT2D eigenvalue weighted by atomic mass is 9.99. The number of carbonyl (C=O) groups excluding carboxylic acids is 1. The second-order valence-corrected chi connectivity index (χ2v) is 5.35. The molecule has 1 aliphatic rings. The predicted molar refractivity (Wildman–Crippen MR) is 77.3 cm³/mol. The van der Waals surface area contributed by atoms with Crippen molar-refractivity contribution < 1.29 is 9.32 Å². The highest BCUT2D eigenvalue weighted by Gasteiger charge is 2.36. The number of nitrogens with zero attached hydrogens (tertiary/aromatic N) is 2. The molecule has 0 atom stereocenters. The molecule has 0 unspecified atom stereocenters. The maximum absolute atomic E-state index is 10.8. The normalized spacial score (nSPS) is 16.8. The Morgan fingerprint density at radius 1 is 1.24 bits per heavy atom. The van der Waals surface area contributed by atoms with Gasteiger partial charge in [0, 0.05) is 11.3 Å². The average molecular weight is 287 g/mol. The molecular weight excluding hydrogens is 270 g/mol. The van der Waals surface area contributed by atoms with E-state index < -0.39 is 11.6 Å². The van der Waals surface area contributed by atoms with Crippen molar-refractivity contribution in [3.8, 4) is 11.5 Å². The summed E-state index contributed by atoms with van der Waals surface area (Å²) in [6.45, 7) is 0. The number of amides is 2. The smallest absolute Gasteiger partial charge is 0.316 e. The summed E-state index contributed by atoms with van der Waals surface area (Å²) in [4.78, 5) is 15.2. The van der Waals surface area contributed by atoms with Gasteiger partial charge in [-0.05, 0) is 37.1 Å². The first-order valence-electron chi connectivity index (χ1n) is 6.87. The van der Waals surface area contributed by atoms with Gasteiger partial charge in [0.05, 0.1) is 5.54 Å². The van der Waals surface area contributed by atoms with Crippen molar-refractivity contribution in [1.82, 2.24) is 10.1 Å². The molecule has 21 heavy (non-hydrogen) atoms. The maximum Gasteiger partial charge on any atom is 0.316 e. The zero-order valence-electron chi connectivity index (χ0n) is 11.5. The van der Waals surface area contributed by atoms with E-state index in [-0.39, 0.29) is 0 Å². The molecule has 1 fully saturated rings. The molecule has 1 aliphatic carbocycles. The number of nitrogens with two attached hydrogens (primary N) is 2. The van der Waals surface area contributed by atoms with Crippen LogP contribution >= 0.6 is 0 Å². The van der Waals surface area contributed by atoms with E-state index in [1.165, 1.54) is 0 Å². The van der Waals surface area contributed by atoms with E-state index in [1.807, 2.05) is 0 Å². The molecule has 110 valence electrons. The summed E-state index contributed by atoms with van der Waals surface area (Å²) >= 11 is 0. The van der Waals surface area contributed by atoms with Crippen molar-refractivity contribution in [2.24, 2.45) is 11.5 Å². The van der Waals surface area contributed by atoms with Crippen LogP contribution in [0.4, 0.5) is 10.5 Å². The second-order valence-electron chi connectivity index (χ2n) is 5.35. The summed E-state index contributed by atoms with van der Waals surface area (Å²) < 4.78 is 5.30. The third kappa shape index (κ3) is 2.73. The summed E-state index contributed by atoms with van der Waals surface area (Å²) in [6.07, 6.45) is 3.95. The van der Waals surface area contributed by atoms with E-state index >= 15 is 0 Å². The Labute approximate surface area is 121 Å². The number of hydrogen-bond acceptors (Lipinski definition) is 5. The van der Waals surface area contributed by atoms with E-state index in [4.69, 9.17) is 16.0 Å². The van der Waals surface area contributed by atoms with Crippen LogP contribution in [0.1, 0.15) is 31.5 Å². The van der Waals surface area contributed by atoms with Gasteiger partial charge < -0.3 is 21.3 Å². The van der Waals surface area contributed by atoms with Gasteiger partial charge in [-0.3, -0.25) is 0 Å². The Bertz CT molecular complexity index is 644. The highest BCUT2D eigenvalue weighted by atomic mass is 16.5. The highest BCUT2D eigenvalue weighted by Crippen LogP contribution is 2.35. The fraction of sp³-hybridized carbons (Fsp3) is 0.357. The molecule has 5 N–H and O–H groups in total. The summed E-state index contributed by atoms with van der Waals surface area (Å²) in [5.41, 5.74) is 12.3. The number of primary amides is 1. The average Bonchev–Trinajstić information content (AvgIpc) is 3.09. The third-order valence-electron chi connectivity index (χ3n) is 3.77. The number of carbonyl (C=O) groups is 1. The van der Waals surface area contributed by atoms with Crippen LogP contribution in [0.3, 0.4) is 0 Å². The first kappa shape index (κ1) is 13.6. The summed E-state index contributed by atoms with van der Waals surface area (Å²) in [5.74, 6) is 0.988. The fourth-order valence-corrected chi connectivity index (χ4v) is 2.61. The molecule has 2 amide bonds. The molecule has 7 heteroatoms. The highest BCUT2D eigenvalue weighted by molar-refractivity contribution is 5.88. The van der Waals surface area contributed by atoms with E-state index in [0.717, 1.165) is 31.2 Å². The van der Waals surface area contributed by atoms with Crippen LogP contribution in [-0.2, 0) is 5.54 Å². The number of anilines is 1. The van der Waals surface area contributed by atoms with Crippen molar-refractivity contribution in [3.63, 3.8) is 0 Å². The molecule has 1 aromatic carbocycles. The predicted octanol–water partition coefficient (Wildman–Crippen LogP) is 1.96. The van der Waals surface area contributed by atoms with Crippen LogP contribution in [0.25, 0.3) is 11.5 Å². The molecule has 0 bridgehead atoms. The van der Waals surface area contributed by atoms with Crippen LogP contribution in [0.2, 0.25) is 0 Å². The molecule has 1 aromatic heterocycles. The standard InChI is InChI=1S/C14H17N5O2/c15-13(20)17-10-5-3-9(4-6-10)11-18-12(19-21-11)14(16)7-1-2-8-14/h3-6H,1-2,7-8,16H2,(H3,15,17,20). The van der Waals surface area contributed by atoms with Crippen LogP contribution < -0.4 is 16.8 Å². The van der Waals surface area contributed by atoms with Gasteiger partial charge in [0.15, 0.2) is 5.82 Å². The van der Waals surface area contributed by atoms with Gasteiger partial charge >= 0.3 is 6.03 Å². The molecule has 1 heterocycles. The van der Waals surface area contributed by atoms with E-state index in [2.05, 4.69) is 15.5 Å².